The zero-order valence-corrected chi connectivity index (χ0v) is 17.0. The van der Waals surface area contributed by atoms with Crippen molar-refractivity contribution in [1.82, 2.24) is 14.7 Å². The van der Waals surface area contributed by atoms with Crippen LogP contribution >= 0.6 is 0 Å². The van der Waals surface area contributed by atoms with Crippen molar-refractivity contribution >= 4 is 12.1 Å². The Morgan fingerprint density at radius 1 is 1.08 bits per heavy atom. The number of methoxy groups -OCH3 is 1. The van der Waals surface area contributed by atoms with E-state index in [1.807, 2.05) is 20.8 Å². The molecular weight excluding hydrogens is 334 g/mol. The monoisotopic (exact) mass is 369 g/mol. The molecule has 150 valence electrons. The van der Waals surface area contributed by atoms with Gasteiger partial charge in [0.2, 0.25) is 0 Å². The minimum absolute atomic E-state index is 0.276. The molecule has 2 aliphatic heterocycles. The molecule has 0 aliphatic carbocycles. The molecule has 1 amide bonds. The van der Waals surface area contributed by atoms with Gasteiger partial charge in [-0.15, -0.1) is 0 Å². The van der Waals surface area contributed by atoms with E-state index in [4.69, 9.17) is 9.47 Å². The first-order valence-electron chi connectivity index (χ1n) is 9.68. The Balaban J connectivity index is 1.91. The van der Waals surface area contributed by atoms with Crippen molar-refractivity contribution in [3.63, 3.8) is 0 Å². The molecule has 0 bridgehead atoms. The van der Waals surface area contributed by atoms with Gasteiger partial charge in [-0.1, -0.05) is 0 Å². The topological polar surface area (TPSA) is 62.3 Å². The lowest BCUT2D eigenvalue weighted by Gasteiger charge is -2.41. The van der Waals surface area contributed by atoms with Gasteiger partial charge in [-0.2, -0.15) is 0 Å². The highest BCUT2D eigenvalue weighted by Gasteiger charge is 2.36. The van der Waals surface area contributed by atoms with Gasteiger partial charge in [0.1, 0.15) is 11.6 Å². The van der Waals surface area contributed by atoms with Gasteiger partial charge < -0.3 is 19.3 Å². The van der Waals surface area contributed by atoms with E-state index < -0.39 is 11.6 Å². The molecule has 2 saturated heterocycles. The van der Waals surface area contributed by atoms with Gasteiger partial charge in [0.05, 0.1) is 13.7 Å². The molecule has 2 fully saturated rings. The number of carbonyl (C=O) groups is 2. The number of esters is 1. The number of rotatable bonds is 4. The van der Waals surface area contributed by atoms with E-state index in [0.717, 1.165) is 26.1 Å². The summed E-state index contributed by atoms with van der Waals surface area (Å²) in [5, 5.41) is 0. The fraction of sp³-hybridized carbons (Fsp3) is 0.895. The molecule has 0 aromatic carbocycles. The van der Waals surface area contributed by atoms with Crippen LogP contribution in [-0.4, -0.2) is 91.8 Å². The van der Waals surface area contributed by atoms with Crippen molar-refractivity contribution < 1.29 is 19.1 Å². The lowest BCUT2D eigenvalue weighted by atomic mass is 9.93. The number of carbonyl (C=O) groups excluding carboxylic acids is 2. The van der Waals surface area contributed by atoms with Crippen molar-refractivity contribution in [2.24, 2.45) is 5.92 Å². The van der Waals surface area contributed by atoms with Gasteiger partial charge in [0.15, 0.2) is 0 Å². The van der Waals surface area contributed by atoms with Crippen LogP contribution in [0.2, 0.25) is 0 Å². The van der Waals surface area contributed by atoms with E-state index in [-0.39, 0.29) is 12.1 Å². The molecule has 7 nitrogen and oxygen atoms in total. The van der Waals surface area contributed by atoms with Gasteiger partial charge in [-0.3, -0.25) is 9.69 Å². The molecule has 1 unspecified atom stereocenters. The van der Waals surface area contributed by atoms with Crippen molar-refractivity contribution in [2.75, 3.05) is 53.4 Å². The number of amides is 1. The van der Waals surface area contributed by atoms with Gasteiger partial charge >= 0.3 is 12.1 Å². The summed E-state index contributed by atoms with van der Waals surface area (Å²) in [6, 6.07) is -0.410. The maximum Gasteiger partial charge on any atom is 0.410 e. The number of piperidine rings is 1. The maximum atomic E-state index is 12.3. The van der Waals surface area contributed by atoms with Crippen LogP contribution in [0.25, 0.3) is 0 Å². The Bertz CT molecular complexity index is 484. The molecule has 0 aromatic heterocycles. The molecule has 0 spiro atoms. The minimum atomic E-state index is -0.539. The van der Waals surface area contributed by atoms with Crippen molar-refractivity contribution in [3.8, 4) is 0 Å². The summed E-state index contributed by atoms with van der Waals surface area (Å²) in [7, 11) is 3.57. The zero-order valence-electron chi connectivity index (χ0n) is 17.0. The standard InChI is InChI=1S/C19H35N3O4/c1-19(2,3)26-18(24)22-13-12-21(16(14-22)17(23)25-5)11-8-15-6-9-20(4)10-7-15/h15-16H,6-14H2,1-5H3. The van der Waals surface area contributed by atoms with Gasteiger partial charge in [-0.25, -0.2) is 4.79 Å². The summed E-state index contributed by atoms with van der Waals surface area (Å²) in [6.07, 6.45) is 3.17. The molecule has 2 rings (SSSR count). The second kappa shape index (κ2) is 9.04. The summed E-state index contributed by atoms with van der Waals surface area (Å²) in [4.78, 5) is 30.8. The van der Waals surface area contributed by atoms with Crippen LogP contribution in [0.15, 0.2) is 0 Å². The first-order chi connectivity index (χ1) is 12.2. The average molecular weight is 370 g/mol. The summed E-state index contributed by atoms with van der Waals surface area (Å²) in [5.41, 5.74) is -0.539. The fourth-order valence-corrected chi connectivity index (χ4v) is 3.64. The van der Waals surface area contributed by atoms with Crippen LogP contribution in [0.5, 0.6) is 0 Å². The highest BCUT2D eigenvalue weighted by atomic mass is 16.6. The molecule has 26 heavy (non-hydrogen) atoms. The third-order valence-corrected chi connectivity index (χ3v) is 5.28. The molecule has 0 aromatic rings. The number of ether oxygens (including phenoxy) is 2. The summed E-state index contributed by atoms with van der Waals surface area (Å²) >= 11 is 0. The Labute approximate surface area is 157 Å². The Morgan fingerprint density at radius 2 is 1.73 bits per heavy atom. The number of piperazine rings is 1. The number of hydrogen-bond acceptors (Lipinski definition) is 6. The first kappa shape index (κ1) is 21.0. The second-order valence-electron chi connectivity index (χ2n) is 8.54. The summed E-state index contributed by atoms with van der Waals surface area (Å²) in [5.74, 6) is 0.440. The minimum Gasteiger partial charge on any atom is -0.468 e. The van der Waals surface area contributed by atoms with Crippen LogP contribution in [0.3, 0.4) is 0 Å². The predicted octanol–water partition coefficient (Wildman–Crippen LogP) is 1.81. The highest BCUT2D eigenvalue weighted by Crippen LogP contribution is 2.22. The van der Waals surface area contributed by atoms with Gasteiger partial charge in [0, 0.05) is 13.1 Å². The summed E-state index contributed by atoms with van der Waals surface area (Å²) in [6.45, 7) is 10.3. The van der Waals surface area contributed by atoms with Gasteiger partial charge in [0.25, 0.3) is 0 Å². The second-order valence-corrected chi connectivity index (χ2v) is 8.54. The van der Waals surface area contributed by atoms with Crippen molar-refractivity contribution in [2.45, 2.75) is 51.7 Å². The Hall–Kier alpha value is -1.34. The maximum absolute atomic E-state index is 12.3. The van der Waals surface area contributed by atoms with Crippen LogP contribution in [-0.2, 0) is 14.3 Å². The highest BCUT2D eigenvalue weighted by molar-refractivity contribution is 5.77. The van der Waals surface area contributed by atoms with Crippen LogP contribution in [0.1, 0.15) is 40.0 Å². The third kappa shape index (κ3) is 6.13. The molecule has 1 atom stereocenters. The Kier molecular flexibility index (Phi) is 7.29. The number of nitrogens with zero attached hydrogens (tertiary/aromatic N) is 3. The van der Waals surface area contributed by atoms with Crippen molar-refractivity contribution in [3.05, 3.63) is 0 Å². The van der Waals surface area contributed by atoms with E-state index in [9.17, 15) is 9.59 Å². The van der Waals surface area contributed by atoms with Crippen molar-refractivity contribution in [1.29, 1.82) is 0 Å². The van der Waals surface area contributed by atoms with E-state index in [1.165, 1.54) is 20.0 Å². The average Bonchev–Trinajstić information content (AvgIpc) is 2.59. The number of likely N-dealkylation sites (tertiary alicyclic amines) is 1. The molecule has 7 heteroatoms. The van der Waals surface area contributed by atoms with E-state index in [1.54, 1.807) is 4.90 Å². The molecular formula is C19H35N3O4. The normalized spacial score (nSPS) is 23.7. The predicted molar refractivity (Wildman–Crippen MR) is 100 cm³/mol. The van der Waals surface area contributed by atoms with Crippen LogP contribution in [0.4, 0.5) is 4.79 Å². The van der Waals surface area contributed by atoms with Gasteiger partial charge in [-0.05, 0) is 72.6 Å². The molecule has 0 saturated carbocycles. The smallest absolute Gasteiger partial charge is 0.410 e. The molecule has 2 aliphatic rings. The quantitative estimate of drug-likeness (QED) is 0.705. The third-order valence-electron chi connectivity index (χ3n) is 5.28. The fourth-order valence-electron chi connectivity index (χ4n) is 3.64. The molecule has 0 N–H and O–H groups in total. The van der Waals surface area contributed by atoms with E-state index in [0.29, 0.717) is 25.6 Å². The van der Waals surface area contributed by atoms with Crippen LogP contribution < -0.4 is 0 Å². The van der Waals surface area contributed by atoms with E-state index >= 15 is 0 Å². The lowest BCUT2D eigenvalue weighted by molar-refractivity contribution is -0.149. The Morgan fingerprint density at radius 3 is 2.31 bits per heavy atom. The number of hydrogen-bond donors (Lipinski definition) is 0. The summed E-state index contributed by atoms with van der Waals surface area (Å²) < 4.78 is 10.4. The molecule has 0 radical (unpaired) electrons. The van der Waals surface area contributed by atoms with E-state index in [2.05, 4.69) is 16.8 Å². The first-order valence-corrected chi connectivity index (χ1v) is 9.68. The zero-order chi connectivity index (χ0) is 19.3. The largest absolute Gasteiger partial charge is 0.468 e. The van der Waals surface area contributed by atoms with Crippen LogP contribution in [0, 0.1) is 5.92 Å². The lowest BCUT2D eigenvalue weighted by Crippen LogP contribution is -2.58. The SMILES string of the molecule is COC(=O)C1CN(C(=O)OC(C)(C)C)CCN1CCC1CCN(C)CC1. The molecule has 2 heterocycles.